The smallest absolute Gasteiger partial charge is 0.336 e. The fourth-order valence-electron chi connectivity index (χ4n) is 3.53. The molecular weight excluding hydrogens is 450 g/mol. The fraction of sp³-hybridized carbons (Fsp3) is 0.435. The Morgan fingerprint density at radius 2 is 1.88 bits per heavy atom. The summed E-state index contributed by atoms with van der Waals surface area (Å²) in [6.45, 7) is 4.18. The minimum Gasteiger partial charge on any atom is -0.466 e. The summed E-state index contributed by atoms with van der Waals surface area (Å²) in [5, 5.41) is 6.04. The molecule has 0 fully saturated rings. The number of dihydropyridines is 1. The lowest BCUT2D eigenvalue weighted by molar-refractivity contribution is -0.139. The highest BCUT2D eigenvalue weighted by molar-refractivity contribution is 6.31. The van der Waals surface area contributed by atoms with Crippen LogP contribution in [0.4, 0.5) is 4.79 Å². The Morgan fingerprint density at radius 3 is 2.48 bits per heavy atom. The molecule has 1 aliphatic heterocycles. The molecule has 9 nitrogen and oxygen atoms in total. The van der Waals surface area contributed by atoms with Gasteiger partial charge in [0.25, 0.3) is 0 Å². The van der Waals surface area contributed by atoms with Crippen molar-refractivity contribution in [3.8, 4) is 0 Å². The number of ether oxygens (including phenoxy) is 3. The van der Waals surface area contributed by atoms with Crippen LogP contribution >= 0.6 is 11.6 Å². The summed E-state index contributed by atoms with van der Waals surface area (Å²) in [5.41, 5.74) is 2.01. The lowest BCUT2D eigenvalue weighted by atomic mass is 9.80. The number of benzene rings is 1. The first-order valence-corrected chi connectivity index (χ1v) is 10.9. The summed E-state index contributed by atoms with van der Waals surface area (Å²) in [6.07, 6.45) is 0. The number of hydrogen-bond acceptors (Lipinski definition) is 7. The number of amides is 2. The molecule has 0 radical (unpaired) electrons. The lowest BCUT2D eigenvalue weighted by Gasteiger charge is -2.31. The van der Waals surface area contributed by atoms with Crippen LogP contribution in [0.15, 0.2) is 46.8 Å². The molecule has 33 heavy (non-hydrogen) atoms. The van der Waals surface area contributed by atoms with Crippen molar-refractivity contribution in [2.75, 3.05) is 47.6 Å². The maximum absolute atomic E-state index is 13.1. The van der Waals surface area contributed by atoms with Crippen LogP contribution in [0.2, 0.25) is 5.02 Å². The van der Waals surface area contributed by atoms with Crippen molar-refractivity contribution < 1.29 is 28.6 Å². The molecular formula is C23H30ClN3O6. The molecule has 0 aliphatic carbocycles. The molecule has 0 bridgehead atoms. The number of rotatable bonds is 9. The number of methoxy groups -OCH3 is 1. The van der Waals surface area contributed by atoms with Crippen molar-refractivity contribution in [1.29, 1.82) is 0 Å². The van der Waals surface area contributed by atoms with E-state index < -0.39 is 17.9 Å². The predicted molar refractivity (Wildman–Crippen MR) is 124 cm³/mol. The van der Waals surface area contributed by atoms with E-state index in [9.17, 15) is 14.4 Å². The van der Waals surface area contributed by atoms with Crippen LogP contribution in [0.5, 0.6) is 0 Å². The average molecular weight is 480 g/mol. The summed E-state index contributed by atoms with van der Waals surface area (Å²) in [7, 11) is 4.47. The van der Waals surface area contributed by atoms with E-state index in [0.29, 0.717) is 28.5 Å². The van der Waals surface area contributed by atoms with Crippen molar-refractivity contribution in [2.45, 2.75) is 19.8 Å². The zero-order valence-electron chi connectivity index (χ0n) is 19.5. The van der Waals surface area contributed by atoms with Gasteiger partial charge in [0.1, 0.15) is 0 Å². The third-order valence-corrected chi connectivity index (χ3v) is 5.48. The maximum atomic E-state index is 13.1. The van der Waals surface area contributed by atoms with E-state index in [2.05, 4.69) is 10.6 Å². The monoisotopic (exact) mass is 479 g/mol. The number of allylic oxidation sites excluding steroid dienone is 1. The Balaban J connectivity index is 2.46. The number of carbonyl (C=O) groups is 3. The SMILES string of the molecule is CCOC(=O)C1=C(COCCN(C)C(=O)NC)NC(C)=C(C(=O)OC)C1c1ccccc1Cl. The van der Waals surface area contributed by atoms with Gasteiger partial charge in [0.15, 0.2) is 0 Å². The van der Waals surface area contributed by atoms with Crippen LogP contribution in [-0.2, 0) is 23.8 Å². The Hall–Kier alpha value is -3.04. The largest absolute Gasteiger partial charge is 0.466 e. The number of esters is 2. The third kappa shape index (κ3) is 6.27. The number of halogens is 1. The van der Waals surface area contributed by atoms with Gasteiger partial charge >= 0.3 is 18.0 Å². The van der Waals surface area contributed by atoms with Crippen LogP contribution < -0.4 is 10.6 Å². The first-order chi connectivity index (χ1) is 15.8. The number of urea groups is 1. The highest BCUT2D eigenvalue weighted by Gasteiger charge is 2.39. The van der Waals surface area contributed by atoms with Gasteiger partial charge in [-0.3, -0.25) is 0 Å². The van der Waals surface area contributed by atoms with Crippen molar-refractivity contribution >= 4 is 29.6 Å². The van der Waals surface area contributed by atoms with E-state index in [4.69, 9.17) is 25.8 Å². The van der Waals surface area contributed by atoms with Gasteiger partial charge in [0, 0.05) is 31.4 Å². The molecule has 0 saturated carbocycles. The molecule has 1 aromatic carbocycles. The molecule has 2 N–H and O–H groups in total. The van der Waals surface area contributed by atoms with E-state index in [0.717, 1.165) is 0 Å². The fourth-order valence-corrected chi connectivity index (χ4v) is 3.77. The normalized spacial score (nSPS) is 15.6. The first-order valence-electron chi connectivity index (χ1n) is 10.5. The molecule has 2 rings (SSSR count). The Labute approximate surface area is 198 Å². The number of hydrogen-bond donors (Lipinski definition) is 2. The van der Waals surface area contributed by atoms with Gasteiger partial charge in [0.2, 0.25) is 0 Å². The van der Waals surface area contributed by atoms with Gasteiger partial charge in [-0.25, -0.2) is 14.4 Å². The van der Waals surface area contributed by atoms with Crippen LogP contribution in [0.1, 0.15) is 25.3 Å². The number of nitrogens with zero attached hydrogens (tertiary/aromatic N) is 1. The summed E-state index contributed by atoms with van der Waals surface area (Å²) >= 11 is 6.47. The van der Waals surface area contributed by atoms with E-state index in [1.807, 2.05) is 0 Å². The zero-order chi connectivity index (χ0) is 24.5. The topological polar surface area (TPSA) is 106 Å². The second kappa shape index (κ2) is 12.3. The van der Waals surface area contributed by atoms with E-state index >= 15 is 0 Å². The molecule has 1 atom stereocenters. The average Bonchev–Trinajstić information content (AvgIpc) is 2.80. The maximum Gasteiger partial charge on any atom is 0.336 e. The standard InChI is InChI=1S/C23H30ClN3O6/c1-6-33-22(29)20-17(13-32-12-11-27(4)23(30)25-3)26-14(2)18(21(28)31-5)19(20)15-9-7-8-10-16(15)24/h7-10,19,26H,6,11-13H2,1-5H3,(H,25,30). The van der Waals surface area contributed by atoms with Gasteiger partial charge < -0.3 is 29.7 Å². The predicted octanol–water partition coefficient (Wildman–Crippen LogP) is 2.58. The summed E-state index contributed by atoms with van der Waals surface area (Å²) < 4.78 is 16.1. The van der Waals surface area contributed by atoms with Crippen molar-refractivity contribution in [3.05, 3.63) is 57.4 Å². The highest BCUT2D eigenvalue weighted by Crippen LogP contribution is 2.41. The summed E-state index contributed by atoms with van der Waals surface area (Å²) in [5.74, 6) is -1.98. The third-order valence-electron chi connectivity index (χ3n) is 5.14. The van der Waals surface area contributed by atoms with Gasteiger partial charge in [-0.05, 0) is 25.5 Å². The summed E-state index contributed by atoms with van der Waals surface area (Å²) in [4.78, 5) is 38.9. The minimum atomic E-state index is -0.807. The Bertz CT molecular complexity index is 959. The van der Waals surface area contributed by atoms with E-state index in [1.54, 1.807) is 52.2 Å². The van der Waals surface area contributed by atoms with Gasteiger partial charge in [0.05, 0.1) is 49.7 Å². The Kier molecular flexibility index (Phi) is 9.74. The molecule has 1 aliphatic rings. The second-order valence-electron chi connectivity index (χ2n) is 7.25. The number of carbonyl (C=O) groups excluding carboxylic acids is 3. The van der Waals surface area contributed by atoms with Crippen molar-refractivity contribution in [3.63, 3.8) is 0 Å². The van der Waals surface area contributed by atoms with Crippen LogP contribution in [0.25, 0.3) is 0 Å². The van der Waals surface area contributed by atoms with E-state index in [-0.39, 0.29) is 37.0 Å². The van der Waals surface area contributed by atoms with Gasteiger partial charge in [-0.15, -0.1) is 0 Å². The van der Waals surface area contributed by atoms with Gasteiger partial charge in [-0.1, -0.05) is 29.8 Å². The lowest BCUT2D eigenvalue weighted by Crippen LogP contribution is -2.37. The molecule has 0 spiro atoms. The number of likely N-dealkylation sites (N-methyl/N-ethyl adjacent to an activating group) is 1. The van der Waals surface area contributed by atoms with Crippen LogP contribution in [-0.4, -0.2) is 70.4 Å². The zero-order valence-corrected chi connectivity index (χ0v) is 20.2. The molecule has 2 amide bonds. The molecule has 1 unspecified atom stereocenters. The first kappa shape index (κ1) is 26.2. The molecule has 0 saturated heterocycles. The molecule has 180 valence electrons. The molecule has 1 heterocycles. The second-order valence-corrected chi connectivity index (χ2v) is 7.66. The van der Waals surface area contributed by atoms with Crippen LogP contribution in [0.3, 0.4) is 0 Å². The molecule has 1 aromatic rings. The number of nitrogens with one attached hydrogen (secondary N) is 2. The van der Waals surface area contributed by atoms with Gasteiger partial charge in [-0.2, -0.15) is 0 Å². The summed E-state index contributed by atoms with van der Waals surface area (Å²) in [6, 6.07) is 6.76. The van der Waals surface area contributed by atoms with E-state index in [1.165, 1.54) is 12.0 Å². The molecule has 10 heteroatoms. The van der Waals surface area contributed by atoms with Crippen molar-refractivity contribution in [1.82, 2.24) is 15.5 Å². The van der Waals surface area contributed by atoms with Crippen molar-refractivity contribution in [2.24, 2.45) is 0 Å². The minimum absolute atomic E-state index is 0.0302. The quantitative estimate of drug-likeness (QED) is 0.414. The Morgan fingerprint density at radius 1 is 1.18 bits per heavy atom. The molecule has 0 aromatic heterocycles. The van der Waals surface area contributed by atoms with Crippen LogP contribution in [0, 0.1) is 0 Å². The highest BCUT2D eigenvalue weighted by atomic mass is 35.5.